The average Bonchev–Trinajstić information content (AvgIpc) is 3.21. The maximum atomic E-state index is 12.5. The van der Waals surface area contributed by atoms with Crippen LogP contribution in [0.25, 0.3) is 0 Å². The Morgan fingerprint density at radius 3 is 2.66 bits per heavy atom. The van der Waals surface area contributed by atoms with Crippen LogP contribution in [-0.2, 0) is 17.8 Å². The van der Waals surface area contributed by atoms with Crippen LogP contribution in [0.1, 0.15) is 16.2 Å². The lowest BCUT2D eigenvalue weighted by Crippen LogP contribution is -2.26. The predicted molar refractivity (Wildman–Crippen MR) is 140 cm³/mol. The molecule has 1 heterocycles. The summed E-state index contributed by atoms with van der Waals surface area (Å²) in [7, 11) is 1.51. The molecule has 0 aliphatic rings. The quantitative estimate of drug-likeness (QED) is 0.252. The van der Waals surface area contributed by atoms with Crippen LogP contribution in [-0.4, -0.2) is 46.0 Å². The Kier molecular flexibility index (Phi) is 9.85. The van der Waals surface area contributed by atoms with Crippen LogP contribution in [0.5, 0.6) is 5.75 Å². The Bertz CT molecular complexity index is 1240. The number of nitrogens with zero attached hydrogens (tertiary/aromatic N) is 3. The number of halogens is 3. The Morgan fingerprint density at radius 2 is 1.94 bits per heavy atom. The number of hydrogen-bond acceptors (Lipinski definition) is 6. The number of allylic oxidation sites excluding steroid dienone is 1. The first-order chi connectivity index (χ1) is 16.8. The number of ether oxygens (including phenoxy) is 1. The lowest BCUT2D eigenvalue weighted by atomic mass is 10.2. The van der Waals surface area contributed by atoms with Crippen molar-refractivity contribution in [1.82, 2.24) is 20.1 Å². The zero-order valence-corrected chi connectivity index (χ0v) is 21.8. The maximum Gasteiger partial charge on any atom is 0.251 e. The number of nitrogens with one attached hydrogen (secondary N) is 2. The minimum atomic E-state index is -0.277. The predicted octanol–water partition coefficient (Wildman–Crippen LogP) is 5.14. The van der Waals surface area contributed by atoms with E-state index < -0.39 is 0 Å². The number of benzene rings is 2. The number of carbonyl (C=O) groups excluding carboxylic acids is 2. The van der Waals surface area contributed by atoms with E-state index in [1.165, 1.54) is 24.9 Å². The molecule has 0 saturated heterocycles. The number of hydrogen-bond donors (Lipinski definition) is 2. The molecule has 2 amide bonds. The van der Waals surface area contributed by atoms with Gasteiger partial charge in [-0.25, -0.2) is 0 Å². The van der Waals surface area contributed by atoms with E-state index in [9.17, 15) is 9.59 Å². The molecule has 0 unspecified atom stereocenters. The molecule has 0 bridgehead atoms. The van der Waals surface area contributed by atoms with Gasteiger partial charge < -0.3 is 19.9 Å². The van der Waals surface area contributed by atoms with Gasteiger partial charge in [-0.05, 0) is 36.4 Å². The van der Waals surface area contributed by atoms with Crippen molar-refractivity contribution in [2.75, 3.05) is 24.7 Å². The molecule has 2 N–H and O–H groups in total. The summed E-state index contributed by atoms with van der Waals surface area (Å²) in [4.78, 5) is 24.9. The average molecular weight is 555 g/mol. The van der Waals surface area contributed by atoms with Crippen molar-refractivity contribution in [3.8, 4) is 5.75 Å². The molecule has 0 saturated carbocycles. The summed E-state index contributed by atoms with van der Waals surface area (Å²) in [6.45, 7) is 4.56. The number of anilines is 1. The van der Waals surface area contributed by atoms with Gasteiger partial charge in [0, 0.05) is 30.1 Å². The van der Waals surface area contributed by atoms with E-state index in [2.05, 4.69) is 27.4 Å². The number of thioether (sulfide) groups is 1. The van der Waals surface area contributed by atoms with Crippen molar-refractivity contribution in [3.63, 3.8) is 0 Å². The molecule has 12 heteroatoms. The molecule has 184 valence electrons. The number of aromatic nitrogens is 3. The topological polar surface area (TPSA) is 98.1 Å². The summed E-state index contributed by atoms with van der Waals surface area (Å²) in [6, 6.07) is 9.66. The molecule has 0 spiro atoms. The smallest absolute Gasteiger partial charge is 0.251 e. The zero-order valence-electron chi connectivity index (χ0n) is 18.7. The van der Waals surface area contributed by atoms with Crippen LogP contribution in [0, 0.1) is 0 Å². The fraction of sp³-hybridized carbons (Fsp3) is 0.217. The first kappa shape index (κ1) is 26.9. The van der Waals surface area contributed by atoms with E-state index in [-0.39, 0.29) is 17.6 Å². The third kappa shape index (κ3) is 7.38. The summed E-state index contributed by atoms with van der Waals surface area (Å²) in [5, 5.41) is 15.8. The molecule has 1 aromatic heterocycles. The van der Waals surface area contributed by atoms with E-state index in [1.807, 2.05) is 4.57 Å². The van der Waals surface area contributed by atoms with Gasteiger partial charge in [-0.2, -0.15) is 0 Å². The molecule has 8 nitrogen and oxygen atoms in total. The molecule has 0 atom stereocenters. The third-order valence-electron chi connectivity index (χ3n) is 4.69. The molecule has 0 aliphatic heterocycles. The highest BCUT2D eigenvalue weighted by molar-refractivity contribution is 7.99. The van der Waals surface area contributed by atoms with E-state index in [4.69, 9.17) is 39.5 Å². The molecule has 3 aromatic rings. The molecular weight excluding hydrogens is 533 g/mol. The molecule has 0 radical (unpaired) electrons. The first-order valence-electron chi connectivity index (χ1n) is 10.3. The standard InChI is InChI=1S/C23H22Cl3N5O3S/c1-3-10-31-20(8-9-27-22(33)14-4-6-16(25)17(26)11-14)29-30-23(31)35-13-21(32)28-18-12-15(24)5-7-19(18)34-2/h3-7,11-12H,1,8-10,13H2,2H3,(H,27,33)(H,28,32). The van der Waals surface area contributed by atoms with Gasteiger partial charge in [0.25, 0.3) is 5.91 Å². The minimum absolute atomic E-state index is 0.0962. The highest BCUT2D eigenvalue weighted by Gasteiger charge is 2.15. The van der Waals surface area contributed by atoms with E-state index in [0.717, 1.165) is 0 Å². The van der Waals surface area contributed by atoms with Crippen LogP contribution < -0.4 is 15.4 Å². The number of rotatable bonds is 11. The zero-order chi connectivity index (χ0) is 25.4. The van der Waals surface area contributed by atoms with Gasteiger partial charge in [0.1, 0.15) is 11.6 Å². The highest BCUT2D eigenvalue weighted by atomic mass is 35.5. The first-order valence-corrected chi connectivity index (χ1v) is 12.5. The fourth-order valence-corrected chi connectivity index (χ4v) is 4.28. The van der Waals surface area contributed by atoms with E-state index >= 15 is 0 Å². The maximum absolute atomic E-state index is 12.5. The van der Waals surface area contributed by atoms with Crippen LogP contribution in [0.15, 0.2) is 54.2 Å². The Balaban J connectivity index is 1.58. The van der Waals surface area contributed by atoms with E-state index in [0.29, 0.717) is 62.6 Å². The van der Waals surface area contributed by atoms with Crippen molar-refractivity contribution in [3.05, 3.63) is 75.5 Å². The van der Waals surface area contributed by atoms with Crippen LogP contribution in [0.4, 0.5) is 5.69 Å². The number of methoxy groups -OCH3 is 1. The summed E-state index contributed by atoms with van der Waals surface area (Å²) >= 11 is 19.1. The summed E-state index contributed by atoms with van der Waals surface area (Å²) in [5.41, 5.74) is 0.891. The highest BCUT2D eigenvalue weighted by Crippen LogP contribution is 2.28. The number of carbonyl (C=O) groups is 2. The molecule has 3 rings (SSSR count). The van der Waals surface area contributed by atoms with E-state index in [1.54, 1.807) is 36.4 Å². The molecule has 2 aromatic carbocycles. The van der Waals surface area contributed by atoms with Crippen LogP contribution in [0.3, 0.4) is 0 Å². The van der Waals surface area contributed by atoms with Crippen LogP contribution in [0.2, 0.25) is 15.1 Å². The second-order valence-electron chi connectivity index (χ2n) is 7.11. The van der Waals surface area contributed by atoms with Gasteiger partial charge in [0.05, 0.1) is 28.6 Å². The lowest BCUT2D eigenvalue weighted by molar-refractivity contribution is -0.113. The fourth-order valence-electron chi connectivity index (χ4n) is 3.04. The Labute approximate surface area is 222 Å². The van der Waals surface area contributed by atoms with Crippen molar-refractivity contribution in [1.29, 1.82) is 0 Å². The SMILES string of the molecule is C=CCn1c(CCNC(=O)c2ccc(Cl)c(Cl)c2)nnc1SCC(=O)Nc1cc(Cl)ccc1OC. The van der Waals surface area contributed by atoms with Crippen molar-refractivity contribution < 1.29 is 14.3 Å². The Hall–Kier alpha value is -2.72. The van der Waals surface area contributed by atoms with Gasteiger partial charge in [-0.1, -0.05) is 52.6 Å². The molecule has 35 heavy (non-hydrogen) atoms. The summed E-state index contributed by atoms with van der Waals surface area (Å²) in [5.74, 6) is 0.727. The third-order valence-corrected chi connectivity index (χ3v) is 6.63. The normalized spacial score (nSPS) is 10.6. The van der Waals surface area contributed by atoms with Gasteiger partial charge in [-0.15, -0.1) is 16.8 Å². The summed E-state index contributed by atoms with van der Waals surface area (Å²) < 4.78 is 7.10. The molecule has 0 aliphatic carbocycles. The minimum Gasteiger partial charge on any atom is -0.495 e. The second-order valence-corrected chi connectivity index (χ2v) is 9.31. The molecule has 0 fully saturated rings. The largest absolute Gasteiger partial charge is 0.495 e. The second kappa shape index (κ2) is 12.8. The van der Waals surface area contributed by atoms with Crippen molar-refractivity contribution in [2.45, 2.75) is 18.1 Å². The van der Waals surface area contributed by atoms with Gasteiger partial charge in [0.2, 0.25) is 5.91 Å². The van der Waals surface area contributed by atoms with Gasteiger partial charge in [-0.3, -0.25) is 9.59 Å². The number of amides is 2. The van der Waals surface area contributed by atoms with Gasteiger partial charge in [0.15, 0.2) is 5.16 Å². The lowest BCUT2D eigenvalue weighted by Gasteiger charge is -2.11. The monoisotopic (exact) mass is 553 g/mol. The molecular formula is C23H22Cl3N5O3S. The summed E-state index contributed by atoms with van der Waals surface area (Å²) in [6.07, 6.45) is 2.14. The van der Waals surface area contributed by atoms with Gasteiger partial charge >= 0.3 is 0 Å². The van der Waals surface area contributed by atoms with Crippen LogP contribution >= 0.6 is 46.6 Å². The Morgan fingerprint density at radius 1 is 1.14 bits per heavy atom. The van der Waals surface area contributed by atoms with Crippen molar-refractivity contribution in [2.24, 2.45) is 0 Å². The van der Waals surface area contributed by atoms with Crippen molar-refractivity contribution >= 4 is 64.1 Å².